The van der Waals surface area contributed by atoms with Gasteiger partial charge in [0.25, 0.3) is 0 Å². The second-order valence-corrected chi connectivity index (χ2v) is 4.06. The van der Waals surface area contributed by atoms with Crippen molar-refractivity contribution in [3.63, 3.8) is 0 Å². The van der Waals surface area contributed by atoms with Gasteiger partial charge in [-0.3, -0.25) is 0 Å². The zero-order valence-corrected chi connectivity index (χ0v) is 9.37. The highest BCUT2D eigenvalue weighted by Gasteiger charge is 2.17. The molecule has 1 aromatic carbocycles. The van der Waals surface area contributed by atoms with Crippen LogP contribution in [0.2, 0.25) is 0 Å². The summed E-state index contributed by atoms with van der Waals surface area (Å²) >= 11 is 3.39. The fourth-order valence-corrected chi connectivity index (χ4v) is 1.95. The number of benzene rings is 1. The lowest BCUT2D eigenvalue weighted by molar-refractivity contribution is 0.167. The van der Waals surface area contributed by atoms with Crippen LogP contribution < -0.4 is 9.47 Å². The summed E-state index contributed by atoms with van der Waals surface area (Å²) in [5.41, 5.74) is 0.820. The van der Waals surface area contributed by atoms with E-state index in [0.717, 1.165) is 15.8 Å². The van der Waals surface area contributed by atoms with Gasteiger partial charge in [-0.05, 0) is 40.5 Å². The molecule has 1 aliphatic rings. The van der Waals surface area contributed by atoms with Crippen LogP contribution in [0.1, 0.15) is 18.6 Å². The van der Waals surface area contributed by atoms with E-state index < -0.39 is 6.10 Å². The molecule has 2 rings (SSSR count). The quantitative estimate of drug-likeness (QED) is 0.840. The first-order valence-corrected chi connectivity index (χ1v) is 5.25. The molecule has 0 aromatic heterocycles. The highest BCUT2D eigenvalue weighted by atomic mass is 79.9. The van der Waals surface area contributed by atoms with Crippen molar-refractivity contribution < 1.29 is 14.6 Å². The molecule has 0 bridgehead atoms. The van der Waals surface area contributed by atoms with Crippen LogP contribution >= 0.6 is 15.9 Å². The number of aliphatic hydroxyl groups excluding tert-OH is 1. The van der Waals surface area contributed by atoms with Crippen LogP contribution in [0.5, 0.6) is 11.5 Å². The first-order chi connectivity index (χ1) is 6.68. The highest BCUT2D eigenvalue weighted by Crippen LogP contribution is 2.39. The molecule has 76 valence electrons. The lowest BCUT2D eigenvalue weighted by atomic mass is 10.1. The monoisotopic (exact) mass is 258 g/mol. The minimum atomic E-state index is -0.498. The number of ether oxygens (including phenoxy) is 2. The van der Waals surface area contributed by atoms with Gasteiger partial charge >= 0.3 is 0 Å². The minimum absolute atomic E-state index is 0.498. The molecule has 1 heterocycles. The fourth-order valence-electron chi connectivity index (χ4n) is 1.37. The summed E-state index contributed by atoms with van der Waals surface area (Å²) in [5, 5.41) is 9.43. The van der Waals surface area contributed by atoms with Crippen LogP contribution in [0.15, 0.2) is 16.6 Å². The van der Waals surface area contributed by atoms with Gasteiger partial charge < -0.3 is 14.6 Å². The summed E-state index contributed by atoms with van der Waals surface area (Å²) in [6.45, 7) is 2.85. The summed E-state index contributed by atoms with van der Waals surface area (Å²) in [6.07, 6.45) is -0.498. The van der Waals surface area contributed by atoms with E-state index in [-0.39, 0.29) is 0 Å². The van der Waals surface area contributed by atoms with Gasteiger partial charge in [-0.2, -0.15) is 0 Å². The van der Waals surface area contributed by atoms with Crippen molar-refractivity contribution in [1.82, 2.24) is 0 Å². The van der Waals surface area contributed by atoms with Crippen molar-refractivity contribution in [2.24, 2.45) is 0 Å². The van der Waals surface area contributed by atoms with Gasteiger partial charge in [-0.25, -0.2) is 0 Å². The normalized spacial score (nSPS) is 16.5. The molecule has 4 heteroatoms. The van der Waals surface area contributed by atoms with Crippen molar-refractivity contribution in [2.75, 3.05) is 13.2 Å². The second kappa shape index (κ2) is 3.79. The molecule has 0 amide bonds. The average molecular weight is 259 g/mol. The predicted octanol–water partition coefficient (Wildman–Crippen LogP) is 2.27. The number of fused-ring (bicyclic) bond motifs is 1. The molecule has 0 spiro atoms. The van der Waals surface area contributed by atoms with E-state index in [9.17, 15) is 5.11 Å². The fraction of sp³-hybridized carbons (Fsp3) is 0.400. The SMILES string of the molecule is CC(O)c1cc(Br)c2c(c1)OCCO2. The van der Waals surface area contributed by atoms with E-state index >= 15 is 0 Å². The number of rotatable bonds is 1. The molecule has 1 aliphatic heterocycles. The summed E-state index contributed by atoms with van der Waals surface area (Å²) in [4.78, 5) is 0. The van der Waals surface area contributed by atoms with Crippen LogP contribution in [0, 0.1) is 0 Å². The molecule has 1 unspecified atom stereocenters. The summed E-state index contributed by atoms with van der Waals surface area (Å²) in [7, 11) is 0. The van der Waals surface area contributed by atoms with Crippen LogP contribution in [0.4, 0.5) is 0 Å². The molecule has 1 N–H and O–H groups in total. The Bertz CT molecular complexity index is 349. The lowest BCUT2D eigenvalue weighted by Gasteiger charge is -2.21. The Morgan fingerprint density at radius 2 is 2.07 bits per heavy atom. The third-order valence-electron chi connectivity index (χ3n) is 2.10. The van der Waals surface area contributed by atoms with Gasteiger partial charge in [-0.1, -0.05) is 0 Å². The van der Waals surface area contributed by atoms with Gasteiger partial charge in [0, 0.05) is 0 Å². The molecule has 0 radical (unpaired) electrons. The Labute approximate surface area is 90.8 Å². The largest absolute Gasteiger partial charge is 0.486 e. The summed E-state index contributed by atoms with van der Waals surface area (Å²) in [6, 6.07) is 3.65. The van der Waals surface area contributed by atoms with Crippen LogP contribution in [0.3, 0.4) is 0 Å². The molecule has 1 atom stereocenters. The van der Waals surface area contributed by atoms with Gasteiger partial charge in [-0.15, -0.1) is 0 Å². The molecule has 14 heavy (non-hydrogen) atoms. The Balaban J connectivity index is 2.46. The predicted molar refractivity (Wildman–Crippen MR) is 55.8 cm³/mol. The molecule has 0 saturated heterocycles. The second-order valence-electron chi connectivity index (χ2n) is 3.20. The Morgan fingerprint density at radius 1 is 1.36 bits per heavy atom. The van der Waals surface area contributed by atoms with Crippen LogP contribution in [-0.2, 0) is 0 Å². The van der Waals surface area contributed by atoms with Crippen molar-refractivity contribution >= 4 is 15.9 Å². The molecular formula is C10H11BrO3. The van der Waals surface area contributed by atoms with Crippen molar-refractivity contribution in [2.45, 2.75) is 13.0 Å². The molecule has 0 aliphatic carbocycles. The number of hydrogen-bond donors (Lipinski definition) is 1. The van der Waals surface area contributed by atoms with Crippen molar-refractivity contribution in [3.05, 3.63) is 22.2 Å². The number of halogens is 1. The minimum Gasteiger partial charge on any atom is -0.486 e. The van der Waals surface area contributed by atoms with Gasteiger partial charge in [0.2, 0.25) is 0 Å². The Kier molecular flexibility index (Phi) is 2.65. The number of aliphatic hydroxyl groups is 1. The Hall–Kier alpha value is -0.740. The molecular weight excluding hydrogens is 248 g/mol. The lowest BCUT2D eigenvalue weighted by Crippen LogP contribution is -2.16. The summed E-state index contributed by atoms with van der Waals surface area (Å²) in [5.74, 6) is 1.42. The highest BCUT2D eigenvalue weighted by molar-refractivity contribution is 9.10. The van der Waals surface area contributed by atoms with Crippen LogP contribution in [0.25, 0.3) is 0 Å². The van der Waals surface area contributed by atoms with Gasteiger partial charge in [0.15, 0.2) is 11.5 Å². The van der Waals surface area contributed by atoms with Crippen LogP contribution in [-0.4, -0.2) is 18.3 Å². The maximum atomic E-state index is 9.43. The zero-order valence-electron chi connectivity index (χ0n) is 7.79. The molecule has 3 nitrogen and oxygen atoms in total. The topological polar surface area (TPSA) is 38.7 Å². The first kappa shape index (κ1) is 9.80. The number of hydrogen-bond acceptors (Lipinski definition) is 3. The van der Waals surface area contributed by atoms with Crippen molar-refractivity contribution in [3.8, 4) is 11.5 Å². The van der Waals surface area contributed by atoms with Crippen molar-refractivity contribution in [1.29, 1.82) is 0 Å². The van der Waals surface area contributed by atoms with Gasteiger partial charge in [0.05, 0.1) is 10.6 Å². The Morgan fingerprint density at radius 3 is 2.79 bits per heavy atom. The van der Waals surface area contributed by atoms with Gasteiger partial charge in [0.1, 0.15) is 13.2 Å². The van der Waals surface area contributed by atoms with E-state index in [0.29, 0.717) is 19.0 Å². The zero-order chi connectivity index (χ0) is 10.1. The molecule has 1 aromatic rings. The van der Waals surface area contributed by atoms with E-state index in [4.69, 9.17) is 9.47 Å². The molecule has 0 saturated carbocycles. The van der Waals surface area contributed by atoms with E-state index in [1.54, 1.807) is 6.92 Å². The third-order valence-corrected chi connectivity index (χ3v) is 2.69. The maximum absolute atomic E-state index is 9.43. The third kappa shape index (κ3) is 1.72. The summed E-state index contributed by atoms with van der Waals surface area (Å²) < 4.78 is 11.7. The average Bonchev–Trinajstić information content (AvgIpc) is 2.17. The van der Waals surface area contributed by atoms with E-state index in [1.165, 1.54) is 0 Å². The maximum Gasteiger partial charge on any atom is 0.175 e. The van der Waals surface area contributed by atoms with E-state index in [1.807, 2.05) is 12.1 Å². The first-order valence-electron chi connectivity index (χ1n) is 4.45. The smallest absolute Gasteiger partial charge is 0.175 e. The van der Waals surface area contributed by atoms with E-state index in [2.05, 4.69) is 15.9 Å². The molecule has 0 fully saturated rings. The standard InChI is InChI=1S/C10H11BrO3/c1-6(12)7-4-8(11)10-9(5-7)13-2-3-14-10/h4-6,12H,2-3H2,1H3.